The van der Waals surface area contributed by atoms with Crippen molar-refractivity contribution in [2.75, 3.05) is 0 Å². The number of benzene rings is 8. The Kier molecular flexibility index (Phi) is 8.42. The third-order valence-corrected chi connectivity index (χ3v) is 11.8. The van der Waals surface area contributed by atoms with E-state index in [1.807, 2.05) is 18.2 Å². The van der Waals surface area contributed by atoms with Crippen LogP contribution in [0.3, 0.4) is 0 Å². The Morgan fingerprint density at radius 1 is 0.355 bits per heavy atom. The van der Waals surface area contributed by atoms with Gasteiger partial charge >= 0.3 is 0 Å². The van der Waals surface area contributed by atoms with Crippen LogP contribution in [0.1, 0.15) is 0 Å². The molecule has 8 aromatic carbocycles. The quantitative estimate of drug-likeness (QED) is 0.161. The first-order valence-corrected chi connectivity index (χ1v) is 20.8. The van der Waals surface area contributed by atoms with Crippen molar-refractivity contribution >= 4 is 38.2 Å². The van der Waals surface area contributed by atoms with Gasteiger partial charge < -0.3 is 4.42 Å². The first-order chi connectivity index (χ1) is 30.7. The summed E-state index contributed by atoms with van der Waals surface area (Å²) in [4.78, 5) is 10.6. The Hall–Kier alpha value is -8.41. The summed E-state index contributed by atoms with van der Waals surface area (Å²) < 4.78 is 8.28. The van der Waals surface area contributed by atoms with Gasteiger partial charge in [-0.1, -0.05) is 176 Å². The van der Waals surface area contributed by atoms with Gasteiger partial charge in [0, 0.05) is 49.5 Å². The summed E-state index contributed by atoms with van der Waals surface area (Å²) in [5.74, 6) is 0.655. The van der Waals surface area contributed by atoms with Crippen molar-refractivity contribution in [1.82, 2.24) is 19.6 Å². The highest BCUT2D eigenvalue weighted by atomic mass is 16.3. The largest absolute Gasteiger partial charge is 0.456 e. The monoisotopic (exact) mass is 792 g/mol. The van der Waals surface area contributed by atoms with Gasteiger partial charge in [-0.05, 0) is 64.5 Å². The number of nitrogens with zero attached hydrogens (tertiary/aromatic N) is 4. The highest BCUT2D eigenvalue weighted by Gasteiger charge is 2.22. The molecule has 0 amide bonds. The van der Waals surface area contributed by atoms with E-state index in [0.29, 0.717) is 5.82 Å². The van der Waals surface area contributed by atoms with E-state index in [4.69, 9.17) is 19.5 Å². The number of rotatable bonds is 7. The number of para-hydroxylation sites is 1. The second-order valence-corrected chi connectivity index (χ2v) is 15.6. The molecule has 0 atom stereocenters. The topological polar surface area (TPSA) is 56.2 Å². The van der Waals surface area contributed by atoms with Crippen molar-refractivity contribution in [2.24, 2.45) is 0 Å². The SMILES string of the molecule is c1ccc(-c2cc(-c3cccc(-c4c(-c5ccccc5)nn5c(-c6ccccc6)cc6ccccc6c45)c3)nc(-c3cccc(-c4ccc5oc6ccccc6c5c4)c3)n2)cc1. The summed E-state index contributed by atoms with van der Waals surface area (Å²) in [5, 5.41) is 9.94. The highest BCUT2D eigenvalue weighted by molar-refractivity contribution is 6.09. The van der Waals surface area contributed by atoms with Crippen LogP contribution in [-0.4, -0.2) is 19.6 Å². The molecule has 0 N–H and O–H groups in total. The van der Waals surface area contributed by atoms with E-state index in [9.17, 15) is 0 Å². The van der Waals surface area contributed by atoms with Gasteiger partial charge in [-0.2, -0.15) is 5.10 Å². The maximum atomic E-state index is 6.15. The Bertz CT molecular complexity index is 3630. The van der Waals surface area contributed by atoms with Gasteiger partial charge in [-0.15, -0.1) is 0 Å². The molecule has 5 heteroatoms. The summed E-state index contributed by atoms with van der Waals surface area (Å²) in [6.45, 7) is 0. The van der Waals surface area contributed by atoms with Crippen LogP contribution in [0.4, 0.5) is 0 Å². The van der Waals surface area contributed by atoms with Crippen LogP contribution in [0, 0.1) is 0 Å². The lowest BCUT2D eigenvalue weighted by atomic mass is 9.95. The zero-order chi connectivity index (χ0) is 41.0. The van der Waals surface area contributed by atoms with Gasteiger partial charge in [0.15, 0.2) is 5.82 Å². The van der Waals surface area contributed by atoms with Crippen molar-refractivity contribution in [3.05, 3.63) is 218 Å². The van der Waals surface area contributed by atoms with E-state index < -0.39 is 0 Å². The maximum absolute atomic E-state index is 6.15. The van der Waals surface area contributed by atoms with Gasteiger partial charge in [0.1, 0.15) is 16.9 Å². The molecule has 0 aliphatic rings. The standard InChI is InChI=1S/C57H36N4O/c1-4-16-37(17-5-1)49-36-50(59-57(58-49)45-26-14-23-40(32-45)41-30-31-53-48(34-41)47-28-12-13-29-52(47)62-53)43-24-15-25-44(33-43)54-55(39-20-8-3-9-21-39)60-61-51(38-18-6-2-7-19-38)35-42-22-10-11-27-46(42)56(54)61/h1-36H. The molecule has 62 heavy (non-hydrogen) atoms. The van der Waals surface area contributed by atoms with Gasteiger partial charge in [0.25, 0.3) is 0 Å². The second kappa shape index (κ2) is 14.7. The molecule has 0 saturated carbocycles. The first kappa shape index (κ1) is 35.5. The molecule has 0 unspecified atom stereocenters. The summed E-state index contributed by atoms with van der Waals surface area (Å²) in [5.41, 5.74) is 15.9. The molecule has 0 radical (unpaired) electrons. The highest BCUT2D eigenvalue weighted by Crippen LogP contribution is 2.42. The van der Waals surface area contributed by atoms with Crippen molar-refractivity contribution in [3.8, 4) is 78.7 Å². The molecule has 0 aliphatic heterocycles. The predicted octanol–water partition coefficient (Wildman–Crippen LogP) is 14.8. The van der Waals surface area contributed by atoms with E-state index in [2.05, 4.69) is 205 Å². The first-order valence-electron chi connectivity index (χ1n) is 20.8. The minimum atomic E-state index is 0.655. The molecule has 12 rings (SSSR count). The molecule has 12 aromatic rings. The van der Waals surface area contributed by atoms with Gasteiger partial charge in [0.2, 0.25) is 0 Å². The Labute approximate surface area is 357 Å². The van der Waals surface area contributed by atoms with Gasteiger partial charge in [-0.3, -0.25) is 0 Å². The number of aromatic nitrogens is 4. The summed E-state index contributed by atoms with van der Waals surface area (Å²) in [6, 6.07) is 76.2. The lowest BCUT2D eigenvalue weighted by Gasteiger charge is -2.13. The molecule has 290 valence electrons. The van der Waals surface area contributed by atoms with Crippen LogP contribution in [0.5, 0.6) is 0 Å². The van der Waals surface area contributed by atoms with Crippen LogP contribution in [0.25, 0.3) is 117 Å². The number of pyridine rings is 1. The molecule has 4 aromatic heterocycles. The van der Waals surface area contributed by atoms with E-state index in [0.717, 1.165) is 111 Å². The summed E-state index contributed by atoms with van der Waals surface area (Å²) in [7, 11) is 0. The Morgan fingerprint density at radius 2 is 0.919 bits per heavy atom. The lowest BCUT2D eigenvalue weighted by Crippen LogP contribution is -1.96. The Morgan fingerprint density at radius 3 is 1.71 bits per heavy atom. The number of furan rings is 1. The number of hydrogen-bond donors (Lipinski definition) is 0. The van der Waals surface area contributed by atoms with E-state index in [-0.39, 0.29) is 0 Å². The molecular formula is C57H36N4O. The van der Waals surface area contributed by atoms with Crippen molar-refractivity contribution in [2.45, 2.75) is 0 Å². The average molecular weight is 793 g/mol. The fourth-order valence-corrected chi connectivity index (χ4v) is 8.83. The molecular weight excluding hydrogens is 757 g/mol. The third kappa shape index (κ3) is 6.14. The second-order valence-electron chi connectivity index (χ2n) is 15.6. The van der Waals surface area contributed by atoms with Gasteiger partial charge in [0.05, 0.1) is 22.6 Å². The normalized spacial score (nSPS) is 11.5. The fourth-order valence-electron chi connectivity index (χ4n) is 8.83. The number of fused-ring (bicyclic) bond motifs is 6. The predicted molar refractivity (Wildman–Crippen MR) is 254 cm³/mol. The molecule has 0 bridgehead atoms. The Balaban J connectivity index is 1.04. The molecule has 0 aliphatic carbocycles. The van der Waals surface area contributed by atoms with Crippen LogP contribution >= 0.6 is 0 Å². The molecule has 4 heterocycles. The zero-order valence-electron chi connectivity index (χ0n) is 33.5. The fraction of sp³-hybridized carbons (Fsp3) is 0. The van der Waals surface area contributed by atoms with Gasteiger partial charge in [-0.25, -0.2) is 14.5 Å². The smallest absolute Gasteiger partial charge is 0.160 e. The minimum Gasteiger partial charge on any atom is -0.456 e. The van der Waals surface area contributed by atoms with Crippen molar-refractivity contribution in [3.63, 3.8) is 0 Å². The van der Waals surface area contributed by atoms with E-state index >= 15 is 0 Å². The number of hydrogen-bond acceptors (Lipinski definition) is 4. The van der Waals surface area contributed by atoms with Crippen molar-refractivity contribution in [1.29, 1.82) is 0 Å². The van der Waals surface area contributed by atoms with E-state index in [1.54, 1.807) is 0 Å². The molecule has 0 spiro atoms. The summed E-state index contributed by atoms with van der Waals surface area (Å²) in [6.07, 6.45) is 0. The average Bonchev–Trinajstić information content (AvgIpc) is 3.94. The zero-order valence-corrected chi connectivity index (χ0v) is 33.5. The van der Waals surface area contributed by atoms with Crippen LogP contribution in [-0.2, 0) is 0 Å². The van der Waals surface area contributed by atoms with Crippen LogP contribution in [0.15, 0.2) is 223 Å². The molecule has 0 fully saturated rings. The summed E-state index contributed by atoms with van der Waals surface area (Å²) >= 11 is 0. The molecule has 5 nitrogen and oxygen atoms in total. The van der Waals surface area contributed by atoms with Crippen molar-refractivity contribution < 1.29 is 4.42 Å². The van der Waals surface area contributed by atoms with E-state index in [1.165, 1.54) is 0 Å². The third-order valence-electron chi connectivity index (χ3n) is 11.8. The van der Waals surface area contributed by atoms with Crippen LogP contribution in [0.2, 0.25) is 0 Å². The lowest BCUT2D eigenvalue weighted by molar-refractivity contribution is 0.669. The molecule has 0 saturated heterocycles. The minimum absolute atomic E-state index is 0.655. The maximum Gasteiger partial charge on any atom is 0.160 e. The van der Waals surface area contributed by atoms with Crippen LogP contribution < -0.4 is 0 Å².